The number of hydrogen-bond donors (Lipinski definition) is 1. The molecule has 3 heteroatoms. The fraction of sp³-hybridized carbons (Fsp3) is 0.462. The molecule has 2 aromatic rings. The first-order valence-electron chi connectivity index (χ1n) is 6.02. The Morgan fingerprint density at radius 3 is 2.81 bits per heavy atom. The second kappa shape index (κ2) is 5.12. The minimum Gasteiger partial charge on any atom is -0.317 e. The minimum atomic E-state index is 0.932. The number of hydrogen-bond acceptors (Lipinski definition) is 2. The normalized spacial score (nSPS) is 11.1. The molecule has 1 aromatic carbocycles. The summed E-state index contributed by atoms with van der Waals surface area (Å²) in [5, 5.41) is 9.29. The topological polar surface area (TPSA) is 29.9 Å². The van der Waals surface area contributed by atoms with Gasteiger partial charge in [0.1, 0.15) is 0 Å². The van der Waals surface area contributed by atoms with Gasteiger partial charge >= 0.3 is 0 Å². The second-order valence-corrected chi connectivity index (χ2v) is 3.88. The van der Waals surface area contributed by atoms with Crippen molar-refractivity contribution >= 4 is 10.9 Å². The summed E-state index contributed by atoms with van der Waals surface area (Å²) >= 11 is 0. The van der Waals surface area contributed by atoms with Crippen LogP contribution in [0.3, 0.4) is 0 Å². The monoisotopic (exact) mass is 217 g/mol. The first-order valence-corrected chi connectivity index (χ1v) is 6.02. The molecule has 0 saturated heterocycles. The van der Waals surface area contributed by atoms with E-state index in [1.807, 2.05) is 0 Å². The summed E-state index contributed by atoms with van der Waals surface area (Å²) in [6.07, 6.45) is 1.00. The lowest BCUT2D eigenvalue weighted by molar-refractivity contribution is 0.651. The van der Waals surface area contributed by atoms with Gasteiger partial charge in [-0.05, 0) is 19.5 Å². The summed E-state index contributed by atoms with van der Waals surface area (Å²) in [4.78, 5) is 0. The van der Waals surface area contributed by atoms with Crippen molar-refractivity contribution in [2.75, 3.05) is 13.1 Å². The molecule has 0 spiro atoms. The summed E-state index contributed by atoms with van der Waals surface area (Å²) < 4.78 is 2.08. The molecule has 1 aromatic heterocycles. The van der Waals surface area contributed by atoms with Crippen LogP contribution in [0.5, 0.6) is 0 Å². The molecule has 0 saturated carbocycles. The number of likely N-dealkylation sites (N-methyl/N-ethyl adjacent to an activating group) is 1. The van der Waals surface area contributed by atoms with E-state index in [0.717, 1.165) is 26.1 Å². The maximum absolute atomic E-state index is 4.66. The van der Waals surface area contributed by atoms with Gasteiger partial charge in [0.25, 0.3) is 0 Å². The van der Waals surface area contributed by atoms with Gasteiger partial charge in [-0.2, -0.15) is 5.10 Å². The lowest BCUT2D eigenvalue weighted by Crippen LogP contribution is -2.16. The number of aryl methyl sites for hydroxylation is 1. The zero-order valence-electron chi connectivity index (χ0n) is 10.0. The molecule has 86 valence electrons. The average Bonchev–Trinajstić information content (AvgIpc) is 2.68. The van der Waals surface area contributed by atoms with Crippen molar-refractivity contribution in [2.24, 2.45) is 0 Å². The molecular weight excluding hydrogens is 198 g/mol. The Kier molecular flexibility index (Phi) is 3.57. The second-order valence-electron chi connectivity index (χ2n) is 3.88. The molecule has 0 atom stereocenters. The molecule has 0 radical (unpaired) electrons. The van der Waals surface area contributed by atoms with E-state index >= 15 is 0 Å². The maximum atomic E-state index is 4.66. The van der Waals surface area contributed by atoms with Gasteiger partial charge in [-0.25, -0.2) is 0 Å². The number of para-hydroxylation sites is 1. The highest BCUT2D eigenvalue weighted by Gasteiger charge is 2.07. The third kappa shape index (κ3) is 2.09. The van der Waals surface area contributed by atoms with Crippen molar-refractivity contribution in [1.29, 1.82) is 0 Å². The van der Waals surface area contributed by atoms with E-state index in [-0.39, 0.29) is 0 Å². The minimum absolute atomic E-state index is 0.932. The SMILES string of the molecule is CCNCCc1nn(CC)c2ccccc12. The predicted molar refractivity (Wildman–Crippen MR) is 67.7 cm³/mol. The van der Waals surface area contributed by atoms with E-state index in [2.05, 4.69) is 53.2 Å². The zero-order chi connectivity index (χ0) is 11.4. The van der Waals surface area contributed by atoms with Gasteiger partial charge < -0.3 is 5.32 Å². The van der Waals surface area contributed by atoms with Gasteiger partial charge in [-0.1, -0.05) is 25.1 Å². The highest BCUT2D eigenvalue weighted by Crippen LogP contribution is 2.18. The van der Waals surface area contributed by atoms with Crippen molar-refractivity contribution < 1.29 is 0 Å². The molecule has 0 aliphatic rings. The number of fused-ring (bicyclic) bond motifs is 1. The first-order chi connectivity index (χ1) is 7.86. The highest BCUT2D eigenvalue weighted by molar-refractivity contribution is 5.81. The first kappa shape index (κ1) is 11.1. The summed E-state index contributed by atoms with van der Waals surface area (Å²) in [7, 11) is 0. The van der Waals surface area contributed by atoms with Crippen LogP contribution in [0.2, 0.25) is 0 Å². The molecule has 0 aliphatic heterocycles. The van der Waals surface area contributed by atoms with Crippen molar-refractivity contribution in [3.63, 3.8) is 0 Å². The zero-order valence-corrected chi connectivity index (χ0v) is 10.0. The Hall–Kier alpha value is -1.35. The van der Waals surface area contributed by atoms with E-state index in [1.165, 1.54) is 16.6 Å². The third-order valence-corrected chi connectivity index (χ3v) is 2.82. The van der Waals surface area contributed by atoms with Crippen molar-refractivity contribution in [2.45, 2.75) is 26.8 Å². The molecule has 3 nitrogen and oxygen atoms in total. The highest BCUT2D eigenvalue weighted by atomic mass is 15.3. The molecule has 0 fully saturated rings. The largest absolute Gasteiger partial charge is 0.317 e. The van der Waals surface area contributed by atoms with Crippen LogP contribution in [0.15, 0.2) is 24.3 Å². The van der Waals surface area contributed by atoms with Crippen molar-refractivity contribution in [3.8, 4) is 0 Å². The summed E-state index contributed by atoms with van der Waals surface area (Å²) in [6.45, 7) is 7.21. The molecule has 1 heterocycles. The number of rotatable bonds is 5. The van der Waals surface area contributed by atoms with Crippen LogP contribution >= 0.6 is 0 Å². The lowest BCUT2D eigenvalue weighted by Gasteiger charge is -1.98. The standard InChI is InChI=1S/C13H19N3/c1-3-14-10-9-12-11-7-5-6-8-13(11)16(4-2)15-12/h5-8,14H,3-4,9-10H2,1-2H3. The van der Waals surface area contributed by atoms with Gasteiger partial charge in [0, 0.05) is 24.9 Å². The molecule has 0 aliphatic carbocycles. The predicted octanol–water partition coefficient (Wildman–Crippen LogP) is 2.21. The van der Waals surface area contributed by atoms with Crippen LogP contribution in [0.1, 0.15) is 19.5 Å². The van der Waals surface area contributed by atoms with Gasteiger partial charge in [-0.3, -0.25) is 4.68 Å². The van der Waals surface area contributed by atoms with Crippen LogP contribution in [-0.2, 0) is 13.0 Å². The van der Waals surface area contributed by atoms with Gasteiger partial charge in [-0.15, -0.1) is 0 Å². The lowest BCUT2D eigenvalue weighted by atomic mass is 10.1. The molecule has 0 unspecified atom stereocenters. The summed E-state index contributed by atoms with van der Waals surface area (Å²) in [5.41, 5.74) is 2.45. The number of nitrogens with one attached hydrogen (secondary N) is 1. The maximum Gasteiger partial charge on any atom is 0.0716 e. The van der Waals surface area contributed by atoms with Gasteiger partial charge in [0.05, 0.1) is 11.2 Å². The van der Waals surface area contributed by atoms with Gasteiger partial charge in [0.15, 0.2) is 0 Å². The van der Waals surface area contributed by atoms with E-state index in [0.29, 0.717) is 0 Å². The van der Waals surface area contributed by atoms with Crippen LogP contribution < -0.4 is 5.32 Å². The van der Waals surface area contributed by atoms with Crippen molar-refractivity contribution in [1.82, 2.24) is 15.1 Å². The Bertz CT molecular complexity index is 459. The number of benzene rings is 1. The number of aromatic nitrogens is 2. The van der Waals surface area contributed by atoms with Crippen molar-refractivity contribution in [3.05, 3.63) is 30.0 Å². The van der Waals surface area contributed by atoms with Crippen LogP contribution in [0.25, 0.3) is 10.9 Å². The van der Waals surface area contributed by atoms with Crippen LogP contribution in [-0.4, -0.2) is 22.9 Å². The molecule has 1 N–H and O–H groups in total. The fourth-order valence-electron chi connectivity index (χ4n) is 2.01. The van der Waals surface area contributed by atoms with E-state index in [4.69, 9.17) is 0 Å². The Morgan fingerprint density at radius 1 is 1.25 bits per heavy atom. The van der Waals surface area contributed by atoms with Crippen LogP contribution in [0.4, 0.5) is 0 Å². The molecule has 2 rings (SSSR count). The van der Waals surface area contributed by atoms with E-state index in [1.54, 1.807) is 0 Å². The fourth-order valence-corrected chi connectivity index (χ4v) is 2.01. The molecule has 0 amide bonds. The average molecular weight is 217 g/mol. The van der Waals surface area contributed by atoms with E-state index in [9.17, 15) is 0 Å². The molecule has 16 heavy (non-hydrogen) atoms. The quantitative estimate of drug-likeness (QED) is 0.778. The molecule has 0 bridgehead atoms. The summed E-state index contributed by atoms with van der Waals surface area (Å²) in [5.74, 6) is 0. The Morgan fingerprint density at radius 2 is 2.06 bits per heavy atom. The van der Waals surface area contributed by atoms with E-state index < -0.39 is 0 Å². The van der Waals surface area contributed by atoms with Gasteiger partial charge in [0.2, 0.25) is 0 Å². The third-order valence-electron chi connectivity index (χ3n) is 2.82. The Labute approximate surface area is 96.5 Å². The number of nitrogens with zero attached hydrogens (tertiary/aromatic N) is 2. The van der Waals surface area contributed by atoms with Crippen LogP contribution in [0, 0.1) is 0 Å². The molecular formula is C13H19N3. The Balaban J connectivity index is 2.30. The summed E-state index contributed by atoms with van der Waals surface area (Å²) in [6, 6.07) is 8.46. The smallest absolute Gasteiger partial charge is 0.0716 e.